The number of anilines is 2. The maximum atomic E-state index is 5.14. The predicted molar refractivity (Wildman–Crippen MR) is 224 cm³/mol. The predicted octanol–water partition coefficient (Wildman–Crippen LogP) is 12.6. The average Bonchev–Trinajstić information content (AvgIpc) is 3.60. The van der Waals surface area contributed by atoms with Gasteiger partial charge in [-0.25, -0.2) is 9.97 Å². The zero-order valence-electron chi connectivity index (χ0n) is 29.5. The van der Waals surface area contributed by atoms with Gasteiger partial charge >= 0.3 is 0 Å². The van der Waals surface area contributed by atoms with E-state index in [4.69, 9.17) is 9.97 Å². The Kier molecular flexibility index (Phi) is 7.66. The number of benzene rings is 6. The number of rotatable bonds is 5. The number of fused-ring (bicyclic) bond motifs is 5. The highest BCUT2D eigenvalue weighted by molar-refractivity contribution is 6.18. The van der Waals surface area contributed by atoms with E-state index in [1.165, 1.54) is 38.6 Å². The van der Waals surface area contributed by atoms with E-state index in [0.717, 1.165) is 56.2 Å². The van der Waals surface area contributed by atoms with Crippen LogP contribution in [0.15, 0.2) is 189 Å². The Morgan fingerprint density at radius 3 is 2.00 bits per heavy atom. The molecule has 8 aromatic rings. The molecule has 3 heterocycles. The summed E-state index contributed by atoms with van der Waals surface area (Å²) < 4.78 is 0. The Labute approximate surface area is 314 Å². The van der Waals surface area contributed by atoms with E-state index in [9.17, 15) is 0 Å². The first-order chi connectivity index (χ1) is 26.7. The van der Waals surface area contributed by atoms with Gasteiger partial charge in [0.25, 0.3) is 0 Å². The third kappa shape index (κ3) is 5.44. The number of aromatic nitrogens is 3. The van der Waals surface area contributed by atoms with Crippen LogP contribution in [-0.4, -0.2) is 21.5 Å². The van der Waals surface area contributed by atoms with Crippen molar-refractivity contribution in [1.29, 1.82) is 0 Å². The monoisotopic (exact) mass is 690 g/mol. The molecule has 0 unspecified atom stereocenters. The molecule has 6 aromatic carbocycles. The summed E-state index contributed by atoms with van der Waals surface area (Å²) in [6.07, 6.45) is 12.2. The van der Waals surface area contributed by atoms with Crippen LogP contribution in [0.25, 0.3) is 83.6 Å². The van der Waals surface area contributed by atoms with Gasteiger partial charge in [-0.05, 0) is 74.5 Å². The molecular formula is C50H34N4. The fourth-order valence-electron chi connectivity index (χ4n) is 7.90. The molecule has 2 aromatic heterocycles. The maximum absolute atomic E-state index is 5.14. The Bertz CT molecular complexity index is 2780. The Hall–Kier alpha value is -7.17. The lowest BCUT2D eigenvalue weighted by Crippen LogP contribution is -2.18. The summed E-state index contributed by atoms with van der Waals surface area (Å²) in [5.74, 6) is 0.683. The van der Waals surface area contributed by atoms with E-state index in [1.807, 2.05) is 30.5 Å². The molecule has 0 saturated carbocycles. The van der Waals surface area contributed by atoms with Gasteiger partial charge in [0.15, 0.2) is 5.82 Å². The van der Waals surface area contributed by atoms with Crippen molar-refractivity contribution in [2.45, 2.75) is 0 Å². The molecule has 54 heavy (non-hydrogen) atoms. The molecule has 0 fully saturated rings. The highest BCUT2D eigenvalue weighted by atomic mass is 15.1. The molecule has 1 aliphatic carbocycles. The molecule has 0 spiro atoms. The second kappa shape index (κ2) is 13.1. The van der Waals surface area contributed by atoms with Crippen molar-refractivity contribution in [2.24, 2.45) is 0 Å². The smallest absolute Gasteiger partial charge is 0.160 e. The number of hydrogen-bond donors (Lipinski definition) is 0. The van der Waals surface area contributed by atoms with E-state index < -0.39 is 0 Å². The fourth-order valence-corrected chi connectivity index (χ4v) is 7.90. The van der Waals surface area contributed by atoms with Gasteiger partial charge in [0.1, 0.15) is 0 Å². The SMILES string of the molecule is C=C1/C=C\C=C/CN(c2ccc(-c3cc(-c4ccccc4)nc(-c4ccc(-c5cccnc5)cc4)n3)cc2)c2ccc3c(c21)-c1cccc2cccc-3c12. The third-order valence-electron chi connectivity index (χ3n) is 10.5. The molecule has 0 amide bonds. The Morgan fingerprint density at radius 1 is 0.537 bits per heavy atom. The first-order valence-electron chi connectivity index (χ1n) is 18.2. The lowest BCUT2D eigenvalue weighted by molar-refractivity contribution is 1.09. The van der Waals surface area contributed by atoms with Gasteiger partial charge in [0.05, 0.1) is 11.4 Å². The summed E-state index contributed by atoms with van der Waals surface area (Å²) in [7, 11) is 0. The molecule has 10 rings (SSSR count). The highest BCUT2D eigenvalue weighted by Gasteiger charge is 2.28. The molecule has 0 saturated heterocycles. The van der Waals surface area contributed by atoms with Crippen LogP contribution in [-0.2, 0) is 0 Å². The normalized spacial score (nSPS) is 14.1. The van der Waals surface area contributed by atoms with Gasteiger partial charge in [0.2, 0.25) is 0 Å². The van der Waals surface area contributed by atoms with Gasteiger partial charge < -0.3 is 4.90 Å². The van der Waals surface area contributed by atoms with Crippen LogP contribution in [0.3, 0.4) is 0 Å². The standard InChI is InChI=1S/C50H34N4/c1-33-11-4-3-7-30-54(46-28-27-42-41-17-8-14-37-15-9-18-43(48(37)41)49(42)47(33)46)40-25-23-36(24-26-40)45-31-44(35-12-5-2-6-13-35)52-50(53-45)38-21-19-34(20-22-38)39-16-10-29-51-32-39/h2-29,31-32H,1,30H2/b7-3-,11-4-. The van der Waals surface area contributed by atoms with Crippen LogP contribution in [0.4, 0.5) is 11.4 Å². The first-order valence-corrected chi connectivity index (χ1v) is 18.2. The van der Waals surface area contributed by atoms with Crippen LogP contribution in [0.1, 0.15) is 5.56 Å². The van der Waals surface area contributed by atoms with Crippen LogP contribution >= 0.6 is 0 Å². The van der Waals surface area contributed by atoms with E-state index in [0.29, 0.717) is 12.4 Å². The molecule has 4 heteroatoms. The van der Waals surface area contributed by atoms with Crippen molar-refractivity contribution in [3.63, 3.8) is 0 Å². The molecule has 2 aliphatic rings. The largest absolute Gasteiger partial charge is 0.337 e. The minimum atomic E-state index is 0.683. The summed E-state index contributed by atoms with van der Waals surface area (Å²) in [5.41, 5.74) is 16.4. The van der Waals surface area contributed by atoms with Crippen LogP contribution in [0.5, 0.6) is 0 Å². The van der Waals surface area contributed by atoms with Gasteiger partial charge in [-0.3, -0.25) is 4.98 Å². The third-order valence-corrected chi connectivity index (χ3v) is 10.5. The van der Waals surface area contributed by atoms with Crippen LogP contribution < -0.4 is 4.90 Å². The molecule has 0 bridgehead atoms. The topological polar surface area (TPSA) is 41.9 Å². The fraction of sp³-hybridized carbons (Fsp3) is 0.0200. The molecule has 4 nitrogen and oxygen atoms in total. The first kappa shape index (κ1) is 31.6. The Morgan fingerprint density at radius 2 is 1.24 bits per heavy atom. The molecule has 0 atom stereocenters. The Balaban J connectivity index is 1.06. The van der Waals surface area contributed by atoms with E-state index in [2.05, 4.69) is 162 Å². The summed E-state index contributed by atoms with van der Waals surface area (Å²) in [5, 5.41) is 2.58. The van der Waals surface area contributed by atoms with Crippen molar-refractivity contribution in [2.75, 3.05) is 11.4 Å². The van der Waals surface area contributed by atoms with Gasteiger partial charge in [-0.1, -0.05) is 146 Å². The number of nitrogens with zero attached hydrogens (tertiary/aromatic N) is 4. The van der Waals surface area contributed by atoms with Gasteiger partial charge in [-0.15, -0.1) is 0 Å². The summed E-state index contributed by atoms with van der Waals surface area (Å²) in [4.78, 5) is 16.9. The molecule has 0 N–H and O–H groups in total. The quantitative estimate of drug-likeness (QED) is 0.180. The second-order valence-electron chi connectivity index (χ2n) is 13.7. The zero-order valence-corrected chi connectivity index (χ0v) is 29.5. The minimum Gasteiger partial charge on any atom is -0.337 e. The molecule has 254 valence electrons. The lowest BCUT2D eigenvalue weighted by Gasteiger charge is -2.28. The van der Waals surface area contributed by atoms with Crippen molar-refractivity contribution in [3.05, 3.63) is 194 Å². The minimum absolute atomic E-state index is 0.683. The van der Waals surface area contributed by atoms with Crippen molar-refractivity contribution < 1.29 is 0 Å². The van der Waals surface area contributed by atoms with E-state index in [-0.39, 0.29) is 0 Å². The summed E-state index contributed by atoms with van der Waals surface area (Å²) >= 11 is 0. The number of hydrogen-bond acceptors (Lipinski definition) is 4. The average molecular weight is 691 g/mol. The van der Waals surface area contributed by atoms with Gasteiger partial charge in [0, 0.05) is 58.1 Å². The van der Waals surface area contributed by atoms with E-state index in [1.54, 1.807) is 6.20 Å². The maximum Gasteiger partial charge on any atom is 0.160 e. The van der Waals surface area contributed by atoms with E-state index >= 15 is 0 Å². The van der Waals surface area contributed by atoms with Crippen LogP contribution in [0, 0.1) is 0 Å². The molecule has 0 radical (unpaired) electrons. The summed E-state index contributed by atoms with van der Waals surface area (Å²) in [6.45, 7) is 5.32. The lowest BCUT2D eigenvalue weighted by atomic mass is 9.91. The van der Waals surface area contributed by atoms with Crippen molar-refractivity contribution in [1.82, 2.24) is 15.0 Å². The van der Waals surface area contributed by atoms with Crippen molar-refractivity contribution >= 4 is 27.7 Å². The number of pyridine rings is 1. The second-order valence-corrected chi connectivity index (χ2v) is 13.7. The number of allylic oxidation sites excluding steroid dienone is 4. The van der Waals surface area contributed by atoms with Crippen molar-refractivity contribution in [3.8, 4) is 67.3 Å². The highest BCUT2D eigenvalue weighted by Crippen LogP contribution is 2.53. The summed E-state index contributed by atoms with van der Waals surface area (Å²) in [6, 6.07) is 51.4. The molecular weight excluding hydrogens is 657 g/mol. The zero-order chi connectivity index (χ0) is 36.0. The van der Waals surface area contributed by atoms with Crippen LogP contribution in [0.2, 0.25) is 0 Å². The molecule has 1 aliphatic heterocycles. The van der Waals surface area contributed by atoms with Gasteiger partial charge in [-0.2, -0.15) is 0 Å².